The number of fused-ring (bicyclic) bond motifs is 3. The van der Waals surface area contributed by atoms with Gasteiger partial charge in [-0.05, 0) is 0 Å². The van der Waals surface area contributed by atoms with Crippen molar-refractivity contribution in [1.29, 1.82) is 0 Å². The van der Waals surface area contributed by atoms with Gasteiger partial charge in [-0.1, -0.05) is 0 Å². The summed E-state index contributed by atoms with van der Waals surface area (Å²) in [6.07, 6.45) is 11.6. The van der Waals surface area contributed by atoms with Crippen molar-refractivity contribution in [3.8, 4) is 0 Å². The van der Waals surface area contributed by atoms with Crippen LogP contribution in [0.1, 0.15) is 64.7 Å². The van der Waals surface area contributed by atoms with Crippen LogP contribution in [0.2, 0.25) is 0 Å². The van der Waals surface area contributed by atoms with Gasteiger partial charge in [-0.25, -0.2) is 0 Å². The van der Waals surface area contributed by atoms with Gasteiger partial charge in [0.15, 0.2) is 0 Å². The molecule has 2 saturated heterocycles. The summed E-state index contributed by atoms with van der Waals surface area (Å²) in [5.74, 6) is 2.56. The van der Waals surface area contributed by atoms with Crippen LogP contribution >= 0.6 is 20.4 Å². The summed E-state index contributed by atoms with van der Waals surface area (Å²) < 4.78 is 13.6. The van der Waals surface area contributed by atoms with Crippen molar-refractivity contribution >= 4 is 26.3 Å². The van der Waals surface area contributed by atoms with E-state index in [1.165, 1.54) is 44.9 Å². The zero-order valence-electron chi connectivity index (χ0n) is 14.7. The molecule has 2 heterocycles. The van der Waals surface area contributed by atoms with E-state index >= 15 is 0 Å². The molecule has 2 bridgehead atoms. The Bertz CT molecular complexity index is 559. The van der Waals surface area contributed by atoms with Gasteiger partial charge in [0.1, 0.15) is 0 Å². The summed E-state index contributed by atoms with van der Waals surface area (Å²) in [5.41, 5.74) is -0.116. The molecule has 5 aliphatic rings. The zero-order chi connectivity index (χ0) is 16.6. The summed E-state index contributed by atoms with van der Waals surface area (Å²) >= 11 is -1.32. The number of nitrogens with one attached hydrogen (secondary N) is 2. The van der Waals surface area contributed by atoms with Crippen molar-refractivity contribution < 1.29 is 30.7 Å². The normalized spacial score (nSPS) is 41.6. The van der Waals surface area contributed by atoms with E-state index in [1.807, 2.05) is 0 Å². The van der Waals surface area contributed by atoms with Gasteiger partial charge in [0.25, 0.3) is 0 Å². The van der Waals surface area contributed by atoms with E-state index in [4.69, 9.17) is 4.74 Å². The number of hydrogen-bond acceptors (Lipinski definition) is 4. The fourth-order valence-corrected chi connectivity index (χ4v) is 16.1. The molecular weight excluding hydrogens is 530 g/mol. The minimum atomic E-state index is -1.12. The van der Waals surface area contributed by atoms with Gasteiger partial charge in [0, 0.05) is 0 Å². The van der Waals surface area contributed by atoms with Crippen molar-refractivity contribution in [3.05, 3.63) is 0 Å². The molecule has 5 rings (SSSR count). The van der Waals surface area contributed by atoms with Crippen molar-refractivity contribution in [2.45, 2.75) is 77.4 Å². The summed E-state index contributed by atoms with van der Waals surface area (Å²) in [4.78, 5) is 15.7. The van der Waals surface area contributed by atoms with Gasteiger partial charge in [-0.15, -0.1) is 0 Å². The number of esters is 1. The van der Waals surface area contributed by atoms with E-state index in [-0.39, 0.29) is 39.9 Å². The van der Waals surface area contributed by atoms with Crippen LogP contribution in [0.5, 0.6) is 0 Å². The van der Waals surface area contributed by atoms with Crippen LogP contribution in [0.15, 0.2) is 0 Å². The number of alkyl halides is 3. The molecule has 0 spiro atoms. The van der Waals surface area contributed by atoms with Crippen LogP contribution in [-0.2, 0) is 9.53 Å². The van der Waals surface area contributed by atoms with Crippen LogP contribution in [0.4, 0.5) is 0 Å². The SMILES string of the molecule is C[I-]C(C)(C(=O)OC1(C2CC3CCC2C3)CCCCC1)C12NI1N2. The molecule has 0 aromatic heterocycles. The van der Waals surface area contributed by atoms with Crippen LogP contribution < -0.4 is 28.3 Å². The third-order valence-electron chi connectivity index (χ3n) is 7.48. The first kappa shape index (κ1) is 17.0. The summed E-state index contributed by atoms with van der Waals surface area (Å²) in [6.45, 7) is 2.18. The number of hydrogen-bond donors (Lipinski definition) is 2. The first-order chi connectivity index (χ1) is 11.5. The van der Waals surface area contributed by atoms with E-state index < -0.39 is 20.4 Å². The Balaban J connectivity index is 1.40. The van der Waals surface area contributed by atoms with Crippen molar-refractivity contribution in [2.24, 2.45) is 17.8 Å². The van der Waals surface area contributed by atoms with E-state index in [2.05, 4.69) is 18.9 Å². The fourth-order valence-electron chi connectivity index (χ4n) is 5.80. The maximum absolute atomic E-state index is 13.4. The predicted octanol–water partition coefficient (Wildman–Crippen LogP) is 0.343. The number of carbonyl (C=O) groups is 1. The average molecular weight is 559 g/mol. The van der Waals surface area contributed by atoms with E-state index in [1.54, 1.807) is 0 Å². The quantitative estimate of drug-likeness (QED) is 0.128. The molecular formula is C18H29I2N2O2-. The Kier molecular flexibility index (Phi) is 4.01. The van der Waals surface area contributed by atoms with E-state index in [9.17, 15) is 4.79 Å². The van der Waals surface area contributed by atoms with Gasteiger partial charge in [0.05, 0.1) is 0 Å². The molecule has 4 nitrogen and oxygen atoms in total. The molecule has 3 saturated carbocycles. The van der Waals surface area contributed by atoms with Gasteiger partial charge in [-0.2, -0.15) is 0 Å². The predicted molar refractivity (Wildman–Crippen MR) is 98.2 cm³/mol. The first-order valence-corrected chi connectivity index (χ1v) is 16.0. The van der Waals surface area contributed by atoms with Crippen LogP contribution in [0.3, 0.4) is 0 Å². The standard InChI is InChI=1S/C18H29I2N2O2/c1-16(19-2,18-20(21-18)22-18)15(23)24-17(8-4-3-5-9-17)14-11-12-6-7-13(14)10-12/h12-14,21-22H,3-11H2,1-2H3/q-1. The molecule has 6 heteroatoms. The number of halogens is 2. The molecule has 5 fully saturated rings. The second-order valence-corrected chi connectivity index (χ2v) is 16.2. The molecule has 4 atom stereocenters. The third-order valence-corrected chi connectivity index (χ3v) is 16.8. The molecule has 0 aromatic carbocycles. The Morgan fingerprint density at radius 2 is 1.92 bits per heavy atom. The molecule has 0 aromatic rings. The molecule has 24 heavy (non-hydrogen) atoms. The molecule has 4 unspecified atom stereocenters. The number of ether oxygens (including phenoxy) is 1. The minimum absolute atomic E-state index is 0.0561. The second-order valence-electron chi connectivity index (χ2n) is 8.62. The Labute approximate surface area is 163 Å². The summed E-state index contributed by atoms with van der Waals surface area (Å²) in [7, 11) is 0. The Morgan fingerprint density at radius 1 is 1.21 bits per heavy atom. The second kappa shape index (κ2) is 5.67. The Hall–Kier alpha value is 0.850. The monoisotopic (exact) mass is 559 g/mol. The Morgan fingerprint density at radius 3 is 2.42 bits per heavy atom. The topological polar surface area (TPSA) is 70.2 Å². The van der Waals surface area contributed by atoms with Crippen LogP contribution in [-0.4, -0.2) is 23.6 Å². The van der Waals surface area contributed by atoms with E-state index in [0.29, 0.717) is 5.92 Å². The van der Waals surface area contributed by atoms with Gasteiger partial charge >= 0.3 is 164 Å². The van der Waals surface area contributed by atoms with Crippen molar-refractivity contribution in [1.82, 2.24) is 7.06 Å². The first-order valence-electron chi connectivity index (χ1n) is 9.52. The molecule has 138 valence electrons. The maximum atomic E-state index is 13.4. The molecule has 2 aliphatic heterocycles. The zero-order valence-corrected chi connectivity index (χ0v) is 19.0. The van der Waals surface area contributed by atoms with E-state index in [0.717, 1.165) is 24.7 Å². The summed E-state index contributed by atoms with van der Waals surface area (Å²) in [6, 6.07) is 0. The van der Waals surface area contributed by atoms with Crippen molar-refractivity contribution in [2.75, 3.05) is 4.93 Å². The van der Waals surface area contributed by atoms with Crippen molar-refractivity contribution in [3.63, 3.8) is 0 Å². The fraction of sp³-hybridized carbons (Fsp3) is 0.944. The number of carbonyl (C=O) groups excluding carboxylic acids is 1. The molecule has 0 radical (unpaired) electrons. The molecule has 3 aliphatic carbocycles. The molecule has 0 amide bonds. The van der Waals surface area contributed by atoms with Gasteiger partial charge < -0.3 is 0 Å². The number of rotatable bonds is 5. The van der Waals surface area contributed by atoms with Crippen LogP contribution in [0.25, 0.3) is 0 Å². The van der Waals surface area contributed by atoms with Gasteiger partial charge in [0.2, 0.25) is 0 Å². The molecule has 2 N–H and O–H groups in total. The van der Waals surface area contributed by atoms with Gasteiger partial charge in [-0.3, -0.25) is 0 Å². The average Bonchev–Trinajstić information content (AvgIpc) is 3.36. The van der Waals surface area contributed by atoms with Crippen LogP contribution in [0, 0.1) is 17.8 Å². The third kappa shape index (κ3) is 2.30. The summed E-state index contributed by atoms with van der Waals surface area (Å²) in [5, 5.41) is 0.